The lowest BCUT2D eigenvalue weighted by Crippen LogP contribution is -2.62. The first-order chi connectivity index (χ1) is 19.5. The molecule has 0 amide bonds. The zero-order valence-electron chi connectivity index (χ0n) is 22.0. The molecule has 2 heterocycles. The monoisotopic (exact) mass is 584 g/mol. The fourth-order valence-electron chi connectivity index (χ4n) is 4.31. The molecule has 0 aliphatic carbocycles. The van der Waals surface area contributed by atoms with Crippen molar-refractivity contribution >= 4 is 5.97 Å². The zero-order chi connectivity index (χ0) is 29.9. The van der Waals surface area contributed by atoms with Crippen molar-refractivity contribution in [2.24, 2.45) is 0 Å². The predicted molar refractivity (Wildman–Crippen MR) is 134 cm³/mol. The van der Waals surface area contributed by atoms with Crippen LogP contribution in [0, 0.1) is 0 Å². The van der Waals surface area contributed by atoms with Gasteiger partial charge in [-0.1, -0.05) is 0 Å². The molecule has 0 aromatic heterocycles. The minimum Gasteiger partial charge on any atom is -0.508 e. The fourth-order valence-corrected chi connectivity index (χ4v) is 4.31. The molecule has 15 nitrogen and oxygen atoms in total. The number of phenolic OH excluding ortho intramolecular Hbond substituents is 2. The third-order valence-electron chi connectivity index (χ3n) is 6.68. The molecule has 226 valence electrons. The third-order valence-corrected chi connectivity index (χ3v) is 6.68. The van der Waals surface area contributed by atoms with Crippen LogP contribution in [0.25, 0.3) is 0 Å². The number of hydrogen-bond donors (Lipinski definition) is 7. The minimum absolute atomic E-state index is 0.00371. The van der Waals surface area contributed by atoms with Crippen LogP contribution in [0.2, 0.25) is 0 Å². The fraction of sp³-hybridized carbons (Fsp3) is 0.500. The minimum atomic E-state index is -2.13. The van der Waals surface area contributed by atoms with Crippen LogP contribution in [-0.4, -0.2) is 124 Å². The molecule has 2 aromatic rings. The first kappa shape index (κ1) is 30.5. The van der Waals surface area contributed by atoms with Crippen LogP contribution in [0.1, 0.15) is 10.4 Å². The molecule has 15 heteroatoms. The van der Waals surface area contributed by atoms with E-state index in [1.165, 1.54) is 50.6 Å². The lowest BCUT2D eigenvalue weighted by molar-refractivity contribution is -0.319. The largest absolute Gasteiger partial charge is 0.508 e. The standard InChI is InChI=1S/C26H32O15/c1-35-16-7-12(3-5-14(16)29)23(33)37-10-26(34)11-38-25(22(26)32)41-21-20(31)19(30)18(9-27)40-24(21)39-15-6-4-13(28)8-17(15)36-2/h3-8,18-22,24-25,27-32,34H,9-11H2,1-2H3. The van der Waals surface area contributed by atoms with E-state index in [2.05, 4.69) is 0 Å². The van der Waals surface area contributed by atoms with E-state index in [1.54, 1.807) is 0 Å². The molecule has 2 saturated heterocycles. The highest BCUT2D eigenvalue weighted by Gasteiger charge is 2.54. The van der Waals surface area contributed by atoms with E-state index in [0.29, 0.717) is 0 Å². The summed E-state index contributed by atoms with van der Waals surface area (Å²) in [6, 6.07) is 7.62. The molecular weight excluding hydrogens is 552 g/mol. The van der Waals surface area contributed by atoms with Crippen LogP contribution in [0.5, 0.6) is 28.7 Å². The Labute approximate surface area is 233 Å². The molecule has 41 heavy (non-hydrogen) atoms. The number of rotatable bonds is 10. The number of phenols is 2. The Hall–Kier alpha value is -3.41. The first-order valence-electron chi connectivity index (χ1n) is 12.4. The number of benzene rings is 2. The number of hydrogen-bond acceptors (Lipinski definition) is 15. The summed E-state index contributed by atoms with van der Waals surface area (Å²) in [5, 5.41) is 72.0. The summed E-state index contributed by atoms with van der Waals surface area (Å²) in [6.45, 7) is -1.95. The second kappa shape index (κ2) is 12.6. The van der Waals surface area contributed by atoms with E-state index in [9.17, 15) is 40.5 Å². The molecule has 2 aliphatic rings. The van der Waals surface area contributed by atoms with Crippen molar-refractivity contribution in [3.8, 4) is 28.7 Å². The van der Waals surface area contributed by atoms with Gasteiger partial charge in [-0.25, -0.2) is 4.79 Å². The van der Waals surface area contributed by atoms with Gasteiger partial charge in [-0.2, -0.15) is 0 Å². The SMILES string of the molecule is COc1cc(C(=O)OCC2(O)COC(OC3C(Oc4ccc(O)cc4OC)OC(CO)C(O)C3O)C2O)ccc1O. The molecule has 0 bridgehead atoms. The van der Waals surface area contributed by atoms with Gasteiger partial charge in [-0.05, 0) is 30.3 Å². The molecule has 4 rings (SSSR count). The van der Waals surface area contributed by atoms with Crippen LogP contribution in [0.15, 0.2) is 36.4 Å². The summed E-state index contributed by atoms with van der Waals surface area (Å²) in [4.78, 5) is 12.5. The van der Waals surface area contributed by atoms with Crippen molar-refractivity contribution < 1.29 is 73.7 Å². The highest BCUT2D eigenvalue weighted by atomic mass is 16.8. The Balaban J connectivity index is 1.46. The summed E-state index contributed by atoms with van der Waals surface area (Å²) < 4.78 is 37.8. The van der Waals surface area contributed by atoms with Gasteiger partial charge in [-0.3, -0.25) is 0 Å². The molecule has 8 unspecified atom stereocenters. The number of aliphatic hydroxyl groups is 5. The predicted octanol–water partition coefficient (Wildman–Crippen LogP) is -1.38. The van der Waals surface area contributed by atoms with E-state index in [0.717, 1.165) is 0 Å². The van der Waals surface area contributed by atoms with Gasteiger partial charge in [-0.15, -0.1) is 0 Å². The molecule has 0 radical (unpaired) electrons. The van der Waals surface area contributed by atoms with Crippen LogP contribution in [-0.2, 0) is 18.9 Å². The molecule has 2 fully saturated rings. The summed E-state index contributed by atoms with van der Waals surface area (Å²) in [5.41, 5.74) is -2.13. The van der Waals surface area contributed by atoms with E-state index >= 15 is 0 Å². The summed E-state index contributed by atoms with van der Waals surface area (Å²) in [5.74, 6) is -1.05. The van der Waals surface area contributed by atoms with Crippen molar-refractivity contribution in [1.29, 1.82) is 0 Å². The summed E-state index contributed by atoms with van der Waals surface area (Å²) in [7, 11) is 2.62. The number of carbonyl (C=O) groups is 1. The van der Waals surface area contributed by atoms with Crippen molar-refractivity contribution in [3.63, 3.8) is 0 Å². The lowest BCUT2D eigenvalue weighted by atomic mass is 9.98. The quantitative estimate of drug-likeness (QED) is 0.160. The van der Waals surface area contributed by atoms with Gasteiger partial charge in [0.05, 0.1) is 33.0 Å². The van der Waals surface area contributed by atoms with Crippen LogP contribution in [0.3, 0.4) is 0 Å². The van der Waals surface area contributed by atoms with E-state index in [4.69, 9.17) is 33.2 Å². The maximum atomic E-state index is 12.5. The van der Waals surface area contributed by atoms with Gasteiger partial charge in [0.15, 0.2) is 41.0 Å². The number of aromatic hydroxyl groups is 2. The normalized spacial score (nSPS) is 31.4. The highest BCUT2D eigenvalue weighted by Crippen LogP contribution is 2.36. The van der Waals surface area contributed by atoms with Crippen LogP contribution < -0.4 is 14.2 Å². The van der Waals surface area contributed by atoms with Gasteiger partial charge in [0, 0.05) is 6.07 Å². The Bertz CT molecular complexity index is 1210. The van der Waals surface area contributed by atoms with Crippen molar-refractivity contribution in [2.75, 3.05) is 34.0 Å². The lowest BCUT2D eigenvalue weighted by Gasteiger charge is -2.42. The number of ether oxygens (including phenoxy) is 7. The third kappa shape index (κ3) is 6.42. The Morgan fingerprint density at radius 3 is 2.39 bits per heavy atom. The molecule has 2 aromatic carbocycles. The van der Waals surface area contributed by atoms with E-state index in [1.807, 2.05) is 0 Å². The average molecular weight is 585 g/mol. The number of esters is 1. The van der Waals surface area contributed by atoms with Crippen molar-refractivity contribution in [1.82, 2.24) is 0 Å². The highest BCUT2D eigenvalue weighted by molar-refractivity contribution is 5.90. The summed E-state index contributed by atoms with van der Waals surface area (Å²) >= 11 is 0. The smallest absolute Gasteiger partial charge is 0.338 e. The van der Waals surface area contributed by atoms with Crippen LogP contribution in [0.4, 0.5) is 0 Å². The molecular formula is C26H32O15. The second-order valence-electron chi connectivity index (χ2n) is 9.45. The van der Waals surface area contributed by atoms with Gasteiger partial charge in [0.25, 0.3) is 0 Å². The first-order valence-corrected chi connectivity index (χ1v) is 12.4. The van der Waals surface area contributed by atoms with Gasteiger partial charge in [0.2, 0.25) is 6.29 Å². The Morgan fingerprint density at radius 1 is 0.976 bits per heavy atom. The number of carbonyl (C=O) groups excluding carboxylic acids is 1. The maximum absolute atomic E-state index is 12.5. The number of aliphatic hydroxyl groups excluding tert-OH is 4. The number of methoxy groups -OCH3 is 2. The average Bonchev–Trinajstić information content (AvgIpc) is 3.25. The maximum Gasteiger partial charge on any atom is 0.338 e. The second-order valence-corrected chi connectivity index (χ2v) is 9.45. The Morgan fingerprint density at radius 2 is 1.71 bits per heavy atom. The van der Waals surface area contributed by atoms with E-state index in [-0.39, 0.29) is 34.3 Å². The van der Waals surface area contributed by atoms with E-state index < -0.39 is 74.5 Å². The molecule has 8 atom stereocenters. The van der Waals surface area contributed by atoms with Gasteiger partial charge >= 0.3 is 5.97 Å². The summed E-state index contributed by atoms with van der Waals surface area (Å²) in [6.07, 6.45) is -11.1. The molecule has 7 N–H and O–H groups in total. The Kier molecular flexibility index (Phi) is 9.41. The topological polar surface area (TPSA) is 223 Å². The van der Waals surface area contributed by atoms with Crippen molar-refractivity contribution in [2.45, 2.75) is 48.7 Å². The molecule has 0 spiro atoms. The molecule has 2 aliphatic heterocycles. The van der Waals surface area contributed by atoms with Gasteiger partial charge in [0.1, 0.15) is 36.8 Å². The van der Waals surface area contributed by atoms with Crippen molar-refractivity contribution in [3.05, 3.63) is 42.0 Å². The molecule has 0 saturated carbocycles. The van der Waals surface area contributed by atoms with Gasteiger partial charge < -0.3 is 68.9 Å². The zero-order valence-corrected chi connectivity index (χ0v) is 22.0. The van der Waals surface area contributed by atoms with Crippen LogP contribution >= 0.6 is 0 Å².